The molecule has 1 N–H and O–H groups in total. The molecule has 0 bridgehead atoms. The van der Waals surface area contributed by atoms with Gasteiger partial charge in [-0.25, -0.2) is 4.39 Å². The molecule has 20 heavy (non-hydrogen) atoms. The van der Waals surface area contributed by atoms with Crippen molar-refractivity contribution in [3.8, 4) is 0 Å². The SMILES string of the molecule is CC(C)CC[C@@H](c1c(F)cccc1Cl)N1CCNCC1. The smallest absolute Gasteiger partial charge is 0.129 e. The molecule has 0 radical (unpaired) electrons. The van der Waals surface area contributed by atoms with E-state index >= 15 is 0 Å². The molecule has 1 aliphatic rings. The van der Waals surface area contributed by atoms with Crippen LogP contribution in [-0.4, -0.2) is 31.1 Å². The van der Waals surface area contributed by atoms with Crippen LogP contribution in [0.3, 0.4) is 0 Å². The van der Waals surface area contributed by atoms with Gasteiger partial charge in [-0.2, -0.15) is 0 Å². The van der Waals surface area contributed by atoms with Gasteiger partial charge in [0.1, 0.15) is 5.82 Å². The van der Waals surface area contributed by atoms with E-state index in [1.54, 1.807) is 12.1 Å². The quantitative estimate of drug-likeness (QED) is 0.888. The second kappa shape index (κ2) is 7.39. The Morgan fingerprint density at radius 3 is 2.55 bits per heavy atom. The fourth-order valence-corrected chi connectivity index (χ4v) is 3.11. The average molecular weight is 299 g/mol. The van der Waals surface area contributed by atoms with Crippen LogP contribution in [0.25, 0.3) is 0 Å². The van der Waals surface area contributed by atoms with Gasteiger partial charge in [-0.1, -0.05) is 31.5 Å². The average Bonchev–Trinajstić information content (AvgIpc) is 2.42. The van der Waals surface area contributed by atoms with Crippen LogP contribution in [-0.2, 0) is 0 Å². The zero-order chi connectivity index (χ0) is 14.5. The van der Waals surface area contributed by atoms with E-state index in [4.69, 9.17) is 11.6 Å². The summed E-state index contributed by atoms with van der Waals surface area (Å²) in [6, 6.07) is 5.09. The van der Waals surface area contributed by atoms with Crippen molar-refractivity contribution >= 4 is 11.6 Å². The molecule has 1 atom stereocenters. The lowest BCUT2D eigenvalue weighted by molar-refractivity contribution is 0.157. The Balaban J connectivity index is 2.24. The molecule has 1 aromatic rings. The normalized spacial score (nSPS) is 18.4. The van der Waals surface area contributed by atoms with Gasteiger partial charge in [0.25, 0.3) is 0 Å². The lowest BCUT2D eigenvalue weighted by Crippen LogP contribution is -2.45. The van der Waals surface area contributed by atoms with Crippen molar-refractivity contribution in [1.82, 2.24) is 10.2 Å². The van der Waals surface area contributed by atoms with E-state index in [9.17, 15) is 4.39 Å². The predicted octanol–water partition coefficient (Wildman–Crippen LogP) is 3.86. The number of piperazine rings is 1. The van der Waals surface area contributed by atoms with E-state index in [1.165, 1.54) is 6.07 Å². The van der Waals surface area contributed by atoms with Crippen LogP contribution in [0, 0.1) is 11.7 Å². The number of benzene rings is 1. The zero-order valence-electron chi connectivity index (χ0n) is 12.3. The van der Waals surface area contributed by atoms with Gasteiger partial charge >= 0.3 is 0 Å². The first-order chi connectivity index (χ1) is 9.59. The lowest BCUT2D eigenvalue weighted by atomic mass is 9.95. The molecule has 0 spiro atoms. The Hall–Kier alpha value is -0.640. The summed E-state index contributed by atoms with van der Waals surface area (Å²) < 4.78 is 14.3. The maximum absolute atomic E-state index is 14.3. The van der Waals surface area contributed by atoms with Gasteiger partial charge in [0.05, 0.1) is 0 Å². The first-order valence-corrected chi connectivity index (χ1v) is 7.86. The number of nitrogens with one attached hydrogen (secondary N) is 1. The highest BCUT2D eigenvalue weighted by molar-refractivity contribution is 6.31. The van der Waals surface area contributed by atoms with Crippen molar-refractivity contribution in [1.29, 1.82) is 0 Å². The molecule has 2 nitrogen and oxygen atoms in total. The fraction of sp³-hybridized carbons (Fsp3) is 0.625. The summed E-state index contributed by atoms with van der Waals surface area (Å²) >= 11 is 6.28. The maximum atomic E-state index is 14.3. The molecule has 1 aliphatic heterocycles. The van der Waals surface area contributed by atoms with Crippen LogP contribution in [0.2, 0.25) is 5.02 Å². The molecule has 1 heterocycles. The van der Waals surface area contributed by atoms with Crippen LogP contribution >= 0.6 is 11.6 Å². The molecule has 0 saturated carbocycles. The van der Waals surface area contributed by atoms with Crippen molar-refractivity contribution < 1.29 is 4.39 Å². The van der Waals surface area contributed by atoms with Gasteiger partial charge in [0, 0.05) is 42.8 Å². The van der Waals surface area contributed by atoms with Crippen LogP contribution in [0.1, 0.15) is 38.3 Å². The third-order valence-corrected chi connectivity index (χ3v) is 4.27. The Morgan fingerprint density at radius 2 is 1.95 bits per heavy atom. The predicted molar refractivity (Wildman–Crippen MR) is 82.7 cm³/mol. The van der Waals surface area contributed by atoms with E-state index in [0.717, 1.165) is 39.0 Å². The van der Waals surface area contributed by atoms with Crippen molar-refractivity contribution in [2.75, 3.05) is 26.2 Å². The Labute approximate surface area is 126 Å². The van der Waals surface area contributed by atoms with Crippen LogP contribution in [0.4, 0.5) is 4.39 Å². The number of hydrogen-bond donors (Lipinski definition) is 1. The van der Waals surface area contributed by atoms with Gasteiger partial charge in [0.2, 0.25) is 0 Å². The molecule has 0 unspecified atom stereocenters. The minimum absolute atomic E-state index is 0.0909. The van der Waals surface area contributed by atoms with E-state index in [0.29, 0.717) is 16.5 Å². The maximum Gasteiger partial charge on any atom is 0.129 e. The molecule has 0 aliphatic carbocycles. The molecule has 2 rings (SSSR count). The first kappa shape index (κ1) is 15.7. The largest absolute Gasteiger partial charge is 0.314 e. The molecular weight excluding hydrogens is 275 g/mol. The standard InChI is InChI=1S/C16H24ClFN2/c1-12(2)6-7-15(20-10-8-19-9-11-20)16-13(17)4-3-5-14(16)18/h3-5,12,15,19H,6-11H2,1-2H3/t15-/m0/s1. The fourth-order valence-electron chi connectivity index (χ4n) is 2.82. The molecule has 0 aromatic heterocycles. The molecule has 1 aromatic carbocycles. The van der Waals surface area contributed by atoms with Crippen molar-refractivity contribution in [3.63, 3.8) is 0 Å². The van der Waals surface area contributed by atoms with Crippen LogP contribution in [0.5, 0.6) is 0 Å². The second-order valence-corrected chi connectivity index (χ2v) is 6.32. The Bertz CT molecular complexity index is 410. The Kier molecular flexibility index (Phi) is 5.82. The minimum atomic E-state index is -0.176. The first-order valence-electron chi connectivity index (χ1n) is 7.48. The summed E-state index contributed by atoms with van der Waals surface area (Å²) in [6.45, 7) is 8.24. The van der Waals surface area contributed by atoms with Gasteiger partial charge in [0.15, 0.2) is 0 Å². The number of rotatable bonds is 5. The molecule has 1 saturated heterocycles. The summed E-state index contributed by atoms with van der Waals surface area (Å²) in [5, 5.41) is 3.90. The topological polar surface area (TPSA) is 15.3 Å². The van der Waals surface area contributed by atoms with E-state index in [1.807, 2.05) is 0 Å². The number of hydrogen-bond acceptors (Lipinski definition) is 2. The van der Waals surface area contributed by atoms with Crippen molar-refractivity contribution in [3.05, 3.63) is 34.6 Å². The van der Waals surface area contributed by atoms with Crippen molar-refractivity contribution in [2.45, 2.75) is 32.7 Å². The highest BCUT2D eigenvalue weighted by Crippen LogP contribution is 2.34. The molecule has 112 valence electrons. The van der Waals surface area contributed by atoms with Gasteiger partial charge < -0.3 is 5.32 Å². The summed E-state index contributed by atoms with van der Waals surface area (Å²) in [6.07, 6.45) is 2.04. The van der Waals surface area contributed by atoms with E-state index < -0.39 is 0 Å². The highest BCUT2D eigenvalue weighted by atomic mass is 35.5. The molecular formula is C16H24ClFN2. The highest BCUT2D eigenvalue weighted by Gasteiger charge is 2.26. The molecule has 4 heteroatoms. The molecule has 0 amide bonds. The minimum Gasteiger partial charge on any atom is -0.314 e. The van der Waals surface area contributed by atoms with Crippen LogP contribution < -0.4 is 5.32 Å². The second-order valence-electron chi connectivity index (χ2n) is 5.91. The van der Waals surface area contributed by atoms with Crippen molar-refractivity contribution in [2.24, 2.45) is 5.92 Å². The van der Waals surface area contributed by atoms with Crippen LogP contribution in [0.15, 0.2) is 18.2 Å². The van der Waals surface area contributed by atoms with Gasteiger partial charge in [-0.15, -0.1) is 0 Å². The summed E-state index contributed by atoms with van der Waals surface area (Å²) in [4.78, 5) is 2.36. The number of halogens is 2. The van der Waals surface area contributed by atoms with E-state index in [2.05, 4.69) is 24.1 Å². The zero-order valence-corrected chi connectivity index (χ0v) is 13.1. The molecule has 1 fully saturated rings. The van der Waals surface area contributed by atoms with Gasteiger partial charge in [-0.3, -0.25) is 4.90 Å². The van der Waals surface area contributed by atoms with Gasteiger partial charge in [-0.05, 0) is 30.9 Å². The summed E-state index contributed by atoms with van der Waals surface area (Å²) in [7, 11) is 0. The monoisotopic (exact) mass is 298 g/mol. The Morgan fingerprint density at radius 1 is 1.25 bits per heavy atom. The lowest BCUT2D eigenvalue weighted by Gasteiger charge is -2.36. The third-order valence-electron chi connectivity index (χ3n) is 3.94. The third kappa shape index (κ3) is 3.94. The summed E-state index contributed by atoms with van der Waals surface area (Å²) in [5.41, 5.74) is 0.678. The number of nitrogens with zero attached hydrogens (tertiary/aromatic N) is 1. The summed E-state index contributed by atoms with van der Waals surface area (Å²) in [5.74, 6) is 0.441. The van der Waals surface area contributed by atoms with E-state index in [-0.39, 0.29) is 11.9 Å².